The molecule has 0 radical (unpaired) electrons. The number of carbonyl (C=O) groups excluding carboxylic acids is 1. The van der Waals surface area contributed by atoms with Crippen molar-refractivity contribution in [3.05, 3.63) is 71.0 Å². The summed E-state index contributed by atoms with van der Waals surface area (Å²) in [5.41, 5.74) is 2.02. The number of hydrogen-bond donors (Lipinski definition) is 0. The minimum atomic E-state index is -0.508. The first-order valence-electron chi connectivity index (χ1n) is 11.0. The third-order valence-electron chi connectivity index (χ3n) is 6.76. The molecule has 0 N–H and O–H groups in total. The van der Waals surface area contributed by atoms with Crippen molar-refractivity contribution in [2.24, 2.45) is 5.41 Å². The smallest absolute Gasteiger partial charge is 0.419 e. The topological polar surface area (TPSA) is 97.6 Å². The van der Waals surface area contributed by atoms with Crippen molar-refractivity contribution in [1.82, 2.24) is 24.6 Å². The molecule has 2 aromatic heterocycles. The molecule has 2 aliphatic heterocycles. The van der Waals surface area contributed by atoms with E-state index < -0.39 is 5.76 Å². The third-order valence-corrected chi connectivity index (χ3v) is 6.76. The largest absolute Gasteiger partial charge is 0.420 e. The molecule has 4 aromatic rings. The maximum absolute atomic E-state index is 12.9. The Hall–Kier alpha value is -3.72. The molecule has 0 aliphatic carbocycles. The van der Waals surface area contributed by atoms with Crippen molar-refractivity contribution in [2.45, 2.75) is 19.0 Å². The van der Waals surface area contributed by atoms with E-state index in [2.05, 4.69) is 15.1 Å². The fourth-order valence-corrected chi connectivity index (χ4v) is 5.18. The average Bonchev–Trinajstić information content (AvgIpc) is 3.49. The Kier molecular flexibility index (Phi) is 4.48. The van der Waals surface area contributed by atoms with Gasteiger partial charge in [0.15, 0.2) is 5.58 Å². The molecule has 33 heavy (non-hydrogen) atoms. The highest BCUT2D eigenvalue weighted by atomic mass is 16.4. The molecule has 168 valence electrons. The van der Waals surface area contributed by atoms with Gasteiger partial charge in [0.25, 0.3) is 0 Å². The highest BCUT2D eigenvalue weighted by Crippen LogP contribution is 2.47. The maximum atomic E-state index is 12.9. The Morgan fingerprint density at radius 1 is 1.03 bits per heavy atom. The van der Waals surface area contributed by atoms with Crippen LogP contribution in [0.4, 0.5) is 0 Å². The summed E-state index contributed by atoms with van der Waals surface area (Å²) in [5.74, 6) is 0.535. The van der Waals surface area contributed by atoms with Gasteiger partial charge in [-0.15, -0.1) is 10.2 Å². The molecular weight excluding hydrogens is 422 g/mol. The lowest BCUT2D eigenvalue weighted by Gasteiger charge is -2.48. The van der Waals surface area contributed by atoms with E-state index >= 15 is 0 Å². The molecule has 1 spiro atoms. The van der Waals surface area contributed by atoms with E-state index in [-0.39, 0.29) is 23.9 Å². The predicted molar refractivity (Wildman–Crippen MR) is 119 cm³/mol. The van der Waals surface area contributed by atoms with Crippen LogP contribution in [0.1, 0.15) is 18.4 Å². The van der Waals surface area contributed by atoms with Gasteiger partial charge in [0, 0.05) is 30.6 Å². The summed E-state index contributed by atoms with van der Waals surface area (Å²) in [6, 6.07) is 16.9. The number of oxazole rings is 1. The summed E-state index contributed by atoms with van der Waals surface area (Å²) in [5, 5.41) is 8.53. The fraction of sp³-hybridized carbons (Fsp3) is 0.333. The molecule has 1 atom stereocenters. The molecule has 2 aliphatic rings. The second-order valence-electron chi connectivity index (χ2n) is 9.12. The van der Waals surface area contributed by atoms with Crippen molar-refractivity contribution in [1.29, 1.82) is 0 Å². The summed E-state index contributed by atoms with van der Waals surface area (Å²) in [7, 11) is 2.05. The third kappa shape index (κ3) is 3.36. The lowest BCUT2D eigenvalue weighted by Crippen LogP contribution is -2.60. The predicted octanol–water partition coefficient (Wildman–Crippen LogP) is 2.55. The average molecular weight is 445 g/mol. The van der Waals surface area contributed by atoms with Gasteiger partial charge >= 0.3 is 5.76 Å². The van der Waals surface area contributed by atoms with Crippen LogP contribution in [0.2, 0.25) is 0 Å². The Labute approximate surface area is 189 Å². The zero-order valence-corrected chi connectivity index (χ0v) is 18.2. The molecule has 4 heterocycles. The van der Waals surface area contributed by atoms with E-state index in [1.165, 1.54) is 4.57 Å². The molecule has 2 aromatic carbocycles. The van der Waals surface area contributed by atoms with E-state index in [0.717, 1.165) is 18.5 Å². The zero-order valence-electron chi connectivity index (χ0n) is 18.2. The van der Waals surface area contributed by atoms with Gasteiger partial charge in [-0.1, -0.05) is 30.3 Å². The van der Waals surface area contributed by atoms with Crippen LogP contribution in [0.25, 0.3) is 22.6 Å². The SMILES string of the molecule is CN1CC2(CC1c1nnc(-c3ccccc3)o1)CN(C(=O)Cn1c(=O)oc3ccccc31)C2. The zero-order chi connectivity index (χ0) is 22.6. The van der Waals surface area contributed by atoms with Crippen LogP contribution in [0.3, 0.4) is 0 Å². The van der Waals surface area contributed by atoms with Gasteiger partial charge in [-0.2, -0.15) is 0 Å². The van der Waals surface area contributed by atoms with Gasteiger partial charge < -0.3 is 13.7 Å². The highest BCUT2D eigenvalue weighted by molar-refractivity contribution is 5.80. The molecule has 2 fully saturated rings. The lowest BCUT2D eigenvalue weighted by molar-refractivity contribution is -0.143. The molecule has 0 saturated carbocycles. The molecule has 0 bridgehead atoms. The van der Waals surface area contributed by atoms with Gasteiger partial charge in [-0.05, 0) is 37.7 Å². The van der Waals surface area contributed by atoms with Gasteiger partial charge in [0.05, 0.1) is 11.6 Å². The highest BCUT2D eigenvalue weighted by Gasteiger charge is 2.53. The summed E-state index contributed by atoms with van der Waals surface area (Å²) in [6.07, 6.45) is 0.846. The van der Waals surface area contributed by atoms with Crippen LogP contribution in [0, 0.1) is 5.41 Å². The van der Waals surface area contributed by atoms with E-state index in [0.29, 0.717) is 36.0 Å². The van der Waals surface area contributed by atoms with Gasteiger partial charge in [0.1, 0.15) is 6.54 Å². The summed E-state index contributed by atoms with van der Waals surface area (Å²) >= 11 is 0. The minimum Gasteiger partial charge on any atom is -0.419 e. The number of carbonyl (C=O) groups is 1. The first kappa shape index (κ1) is 19.9. The van der Waals surface area contributed by atoms with E-state index in [4.69, 9.17) is 8.83 Å². The van der Waals surface area contributed by atoms with E-state index in [1.54, 1.807) is 18.2 Å². The van der Waals surface area contributed by atoms with Gasteiger partial charge in [-0.25, -0.2) is 4.79 Å². The van der Waals surface area contributed by atoms with Crippen molar-refractivity contribution in [3.8, 4) is 11.5 Å². The molecule has 1 amide bonds. The Morgan fingerprint density at radius 2 is 1.79 bits per heavy atom. The molecule has 2 saturated heterocycles. The van der Waals surface area contributed by atoms with Crippen LogP contribution < -0.4 is 5.76 Å². The first-order valence-corrected chi connectivity index (χ1v) is 11.0. The van der Waals surface area contributed by atoms with Crippen LogP contribution in [0.5, 0.6) is 0 Å². The number of amides is 1. The van der Waals surface area contributed by atoms with Crippen molar-refractivity contribution in [2.75, 3.05) is 26.7 Å². The summed E-state index contributed by atoms with van der Waals surface area (Å²) in [4.78, 5) is 29.1. The van der Waals surface area contributed by atoms with Crippen molar-refractivity contribution in [3.63, 3.8) is 0 Å². The number of fused-ring (bicyclic) bond motifs is 1. The number of benzene rings is 2. The Balaban J connectivity index is 1.13. The van der Waals surface area contributed by atoms with Crippen LogP contribution in [0.15, 0.2) is 68.2 Å². The Bertz CT molecular complexity index is 1380. The molecular formula is C24H23N5O4. The summed E-state index contributed by atoms with van der Waals surface area (Å²) < 4.78 is 12.6. The maximum Gasteiger partial charge on any atom is 0.420 e. The standard InChI is InChI=1S/C24H23N5O4/c1-27-13-24(11-18(27)22-26-25-21(33-22)16-7-3-2-4-8-16)14-28(15-24)20(30)12-29-17-9-5-6-10-19(17)32-23(29)31/h2-10,18H,11-15H2,1H3. The van der Waals surface area contributed by atoms with Crippen LogP contribution in [-0.4, -0.2) is 57.2 Å². The lowest BCUT2D eigenvalue weighted by atomic mass is 9.77. The van der Waals surface area contributed by atoms with Gasteiger partial charge in [0.2, 0.25) is 17.7 Å². The van der Waals surface area contributed by atoms with Crippen LogP contribution >= 0.6 is 0 Å². The fourth-order valence-electron chi connectivity index (χ4n) is 5.18. The normalized spacial score (nSPS) is 19.9. The number of likely N-dealkylation sites (tertiary alicyclic amines) is 2. The Morgan fingerprint density at radius 3 is 2.61 bits per heavy atom. The first-order chi connectivity index (χ1) is 16.0. The second kappa shape index (κ2) is 7.41. The number of para-hydroxylation sites is 2. The molecule has 6 rings (SSSR count). The van der Waals surface area contributed by atoms with E-state index in [9.17, 15) is 9.59 Å². The minimum absolute atomic E-state index is 0.000117. The quantitative estimate of drug-likeness (QED) is 0.476. The number of hydrogen-bond acceptors (Lipinski definition) is 7. The molecule has 1 unspecified atom stereocenters. The van der Waals surface area contributed by atoms with E-state index in [1.807, 2.05) is 48.3 Å². The monoisotopic (exact) mass is 445 g/mol. The van der Waals surface area contributed by atoms with Gasteiger partial charge in [-0.3, -0.25) is 14.3 Å². The number of rotatable bonds is 4. The second-order valence-corrected chi connectivity index (χ2v) is 9.12. The molecule has 9 heteroatoms. The summed E-state index contributed by atoms with van der Waals surface area (Å²) in [6.45, 7) is 2.13. The van der Waals surface area contributed by atoms with Crippen molar-refractivity contribution >= 4 is 17.0 Å². The van der Waals surface area contributed by atoms with Crippen LogP contribution in [-0.2, 0) is 11.3 Å². The number of nitrogens with zero attached hydrogens (tertiary/aromatic N) is 5. The molecule has 9 nitrogen and oxygen atoms in total. The number of aromatic nitrogens is 3. The van der Waals surface area contributed by atoms with Crippen molar-refractivity contribution < 1.29 is 13.6 Å².